The number of para-hydroxylation sites is 1. The van der Waals surface area contributed by atoms with E-state index >= 15 is 0 Å². The Labute approximate surface area is 153 Å². The Kier molecular flexibility index (Phi) is 8.82. The second kappa shape index (κ2) is 8.57. The van der Waals surface area contributed by atoms with E-state index in [0.717, 1.165) is 11.3 Å². The van der Waals surface area contributed by atoms with Crippen molar-refractivity contribution in [1.29, 1.82) is 0 Å². The van der Waals surface area contributed by atoms with Crippen molar-refractivity contribution in [1.82, 2.24) is 0 Å². The van der Waals surface area contributed by atoms with E-state index in [1.165, 1.54) is 0 Å². The molecule has 1 aromatic rings. The maximum absolute atomic E-state index is 11.8. The normalized spacial score (nSPS) is 22.0. The predicted molar refractivity (Wildman–Crippen MR) is 68.3 cm³/mol. The van der Waals surface area contributed by atoms with Gasteiger partial charge in [-0.3, -0.25) is 4.79 Å². The van der Waals surface area contributed by atoms with Gasteiger partial charge in [0, 0.05) is 5.92 Å². The minimum absolute atomic E-state index is 0. The number of hydrogen-bond acceptors (Lipinski definition) is 1. The molecule has 0 fully saturated rings. The van der Waals surface area contributed by atoms with Crippen LogP contribution >= 0.6 is 0 Å². The second-order valence-corrected chi connectivity index (χ2v) is 3.92. The summed E-state index contributed by atoms with van der Waals surface area (Å²) in [5.41, 5.74) is 2.06. The predicted octanol–water partition coefficient (Wildman–Crippen LogP) is 1.04. The molecule has 1 heterocycles. The quantitative estimate of drug-likeness (QED) is 0.705. The van der Waals surface area contributed by atoms with E-state index in [2.05, 4.69) is 5.32 Å². The molecule has 17 heavy (non-hydrogen) atoms. The van der Waals surface area contributed by atoms with Crippen molar-refractivity contribution in [3.8, 4) is 0 Å². The molecule has 0 saturated heterocycles. The van der Waals surface area contributed by atoms with E-state index in [1.807, 2.05) is 52.0 Å². The zero-order valence-corrected chi connectivity index (χ0v) is 16.4. The van der Waals surface area contributed by atoms with Gasteiger partial charge in [-0.1, -0.05) is 57.5 Å². The molecule has 1 aromatic carbocycles. The molecule has 0 spiro atoms. The van der Waals surface area contributed by atoms with Gasteiger partial charge in [0.05, 0.1) is 0 Å². The van der Waals surface area contributed by atoms with Crippen LogP contribution in [0.5, 0.6) is 0 Å². The fourth-order valence-electron chi connectivity index (χ4n) is 1.90. The standard InChI is InChI=1S/C12H14NO.C2H6.Rb/c1-8-7-13-11-6-4-3-5-10(11)9(2)12(8)14;1-2;/h3-6,8-9H,7H2,1-2H3;1-2H3;/q-1;;+1. The first-order valence-electron chi connectivity index (χ1n) is 6.00. The number of rotatable bonds is 0. The van der Waals surface area contributed by atoms with Crippen LogP contribution in [0.1, 0.15) is 39.2 Å². The third-order valence-corrected chi connectivity index (χ3v) is 2.85. The van der Waals surface area contributed by atoms with Crippen molar-refractivity contribution in [3.05, 3.63) is 35.1 Å². The molecule has 0 aromatic heterocycles. The van der Waals surface area contributed by atoms with E-state index in [1.54, 1.807) is 0 Å². The number of nitrogens with zero attached hydrogens (tertiary/aromatic N) is 1. The number of benzene rings is 1. The number of carbonyl (C=O) groups excluding carboxylic acids is 1. The molecule has 2 nitrogen and oxygen atoms in total. The molecule has 0 bridgehead atoms. The molecule has 0 radical (unpaired) electrons. The number of carbonyl (C=O) groups is 1. The van der Waals surface area contributed by atoms with E-state index in [9.17, 15) is 4.79 Å². The molecule has 2 unspecified atom stereocenters. The zero-order chi connectivity index (χ0) is 12.1. The molecule has 0 saturated carbocycles. The molecule has 0 N–H and O–H groups in total. The van der Waals surface area contributed by atoms with E-state index in [4.69, 9.17) is 0 Å². The van der Waals surface area contributed by atoms with Crippen molar-refractivity contribution in [2.45, 2.75) is 33.6 Å². The number of ketones is 1. The van der Waals surface area contributed by atoms with Crippen LogP contribution in [0, 0.1) is 5.92 Å². The average Bonchev–Trinajstić information content (AvgIpc) is 2.46. The van der Waals surface area contributed by atoms with Crippen LogP contribution in [0.15, 0.2) is 24.3 Å². The van der Waals surface area contributed by atoms with Crippen LogP contribution < -0.4 is 58.2 Å². The van der Waals surface area contributed by atoms with Crippen molar-refractivity contribution < 1.29 is 63.0 Å². The van der Waals surface area contributed by atoms with Gasteiger partial charge in [0.25, 0.3) is 0 Å². The SMILES string of the molecule is CC.CC1C[N-]c2ccccc2C(C)C1=O.[Rb+]. The summed E-state index contributed by atoms with van der Waals surface area (Å²) in [6.45, 7) is 8.55. The van der Waals surface area contributed by atoms with Gasteiger partial charge in [0.2, 0.25) is 0 Å². The van der Waals surface area contributed by atoms with Crippen LogP contribution in [0.4, 0.5) is 5.69 Å². The summed E-state index contributed by atoms with van der Waals surface area (Å²) in [5.74, 6) is 0.351. The number of Topliss-reactive ketones (excluding diaryl/α,β-unsaturated/α-hetero) is 1. The molecule has 1 aliphatic rings. The van der Waals surface area contributed by atoms with Crippen LogP contribution in [0.3, 0.4) is 0 Å². The molecular formula is C14H20NORb. The first kappa shape index (κ1) is 17.5. The van der Waals surface area contributed by atoms with Crippen LogP contribution in [-0.4, -0.2) is 12.3 Å². The Bertz CT molecular complexity index is 365. The maximum Gasteiger partial charge on any atom is 1.00 e. The summed E-state index contributed by atoms with van der Waals surface area (Å²) in [7, 11) is 0. The molecule has 3 heteroatoms. The minimum atomic E-state index is -0.00699. The Balaban J connectivity index is 0.000000811. The Morgan fingerprint density at radius 2 is 1.76 bits per heavy atom. The topological polar surface area (TPSA) is 31.2 Å². The first-order valence-corrected chi connectivity index (χ1v) is 6.00. The first-order chi connectivity index (χ1) is 7.70. The van der Waals surface area contributed by atoms with Crippen molar-refractivity contribution in [2.75, 3.05) is 6.54 Å². The molecule has 0 aliphatic carbocycles. The van der Waals surface area contributed by atoms with Gasteiger partial charge in [-0.2, -0.15) is 0 Å². The molecule has 88 valence electrons. The van der Waals surface area contributed by atoms with E-state index in [-0.39, 0.29) is 70.0 Å². The third-order valence-electron chi connectivity index (χ3n) is 2.85. The fraction of sp³-hybridized carbons (Fsp3) is 0.500. The summed E-state index contributed by atoms with van der Waals surface area (Å²) in [4.78, 5) is 11.8. The van der Waals surface area contributed by atoms with Crippen molar-refractivity contribution in [3.63, 3.8) is 0 Å². The van der Waals surface area contributed by atoms with Gasteiger partial charge in [0.1, 0.15) is 5.78 Å². The largest absolute Gasteiger partial charge is 1.00 e. The zero-order valence-electron chi connectivity index (χ0n) is 11.5. The molecule has 1 aliphatic heterocycles. The Hall–Kier alpha value is 0.495. The molecule has 2 rings (SSSR count). The van der Waals surface area contributed by atoms with E-state index < -0.39 is 0 Å². The Morgan fingerprint density at radius 1 is 1.18 bits per heavy atom. The number of hydrogen-bond donors (Lipinski definition) is 0. The van der Waals surface area contributed by atoms with E-state index in [0.29, 0.717) is 12.3 Å². The summed E-state index contributed by atoms with van der Waals surface area (Å²) in [6.07, 6.45) is 0. The van der Waals surface area contributed by atoms with Crippen molar-refractivity contribution >= 4 is 11.5 Å². The van der Waals surface area contributed by atoms with Crippen LogP contribution in [0.25, 0.3) is 5.32 Å². The van der Waals surface area contributed by atoms with Gasteiger partial charge in [-0.15, -0.1) is 12.2 Å². The second-order valence-electron chi connectivity index (χ2n) is 3.92. The van der Waals surface area contributed by atoms with Gasteiger partial charge in [0.15, 0.2) is 0 Å². The minimum Gasteiger partial charge on any atom is -0.684 e. The monoisotopic (exact) mass is 303 g/mol. The van der Waals surface area contributed by atoms with Gasteiger partial charge in [-0.25, -0.2) is 0 Å². The Morgan fingerprint density at radius 3 is 2.41 bits per heavy atom. The number of fused-ring (bicyclic) bond motifs is 1. The smallest absolute Gasteiger partial charge is 0.684 e. The average molecular weight is 304 g/mol. The van der Waals surface area contributed by atoms with Crippen LogP contribution in [-0.2, 0) is 4.79 Å². The molecule has 2 atom stereocenters. The van der Waals surface area contributed by atoms with Gasteiger partial charge < -0.3 is 5.32 Å². The summed E-state index contributed by atoms with van der Waals surface area (Å²) < 4.78 is 0. The molecular weight excluding hydrogens is 284 g/mol. The summed E-state index contributed by atoms with van der Waals surface area (Å²) >= 11 is 0. The van der Waals surface area contributed by atoms with Crippen LogP contribution in [0.2, 0.25) is 0 Å². The molecule has 0 amide bonds. The summed E-state index contributed by atoms with van der Waals surface area (Å²) in [5, 5.41) is 4.45. The third kappa shape index (κ3) is 4.27. The summed E-state index contributed by atoms with van der Waals surface area (Å²) in [6, 6.07) is 7.92. The maximum atomic E-state index is 11.8. The van der Waals surface area contributed by atoms with Gasteiger partial charge in [-0.05, 0) is 5.92 Å². The van der Waals surface area contributed by atoms with Crippen molar-refractivity contribution in [2.24, 2.45) is 5.92 Å². The van der Waals surface area contributed by atoms with Gasteiger partial charge >= 0.3 is 58.2 Å². The fourth-order valence-corrected chi connectivity index (χ4v) is 1.90.